The average molecular weight is 929 g/mol. The number of nitrogens with zero attached hydrogens (tertiary/aromatic N) is 1. The lowest BCUT2D eigenvalue weighted by atomic mass is 10.0. The van der Waals surface area contributed by atoms with E-state index in [0.717, 1.165) is 31.7 Å². The summed E-state index contributed by atoms with van der Waals surface area (Å²) in [6.07, 6.45) is 0. The molecule has 0 saturated heterocycles. The first-order valence-electron chi connectivity index (χ1n) is 17.1. The number of benzene rings is 8. The monoisotopic (exact) mass is 926 g/mol. The molecule has 0 aliphatic heterocycles. The Balaban J connectivity index is 0.000000186. The maximum absolute atomic E-state index is 5.41. The third kappa shape index (κ3) is 11.0. The van der Waals surface area contributed by atoms with E-state index in [4.69, 9.17) is 5.73 Å². The minimum atomic E-state index is 0.799. The van der Waals surface area contributed by atoms with E-state index in [1.165, 1.54) is 37.0 Å². The van der Waals surface area contributed by atoms with Gasteiger partial charge in [0.15, 0.2) is 0 Å². The molecule has 0 heterocycles. The Hall–Kier alpha value is -4.95. The van der Waals surface area contributed by atoms with Gasteiger partial charge in [0, 0.05) is 35.3 Å². The molecule has 0 bridgehead atoms. The van der Waals surface area contributed by atoms with Crippen molar-refractivity contribution in [2.75, 3.05) is 10.6 Å². The Morgan fingerprint density at radius 2 is 0.585 bits per heavy atom. The van der Waals surface area contributed by atoms with Gasteiger partial charge >= 0.3 is 0 Å². The smallest absolute Gasteiger partial charge is 0.0462 e. The Morgan fingerprint density at radius 3 is 0.906 bits per heavy atom. The van der Waals surface area contributed by atoms with E-state index in [9.17, 15) is 0 Å². The van der Waals surface area contributed by atoms with Crippen LogP contribution >= 0.6 is 54.5 Å². The molecule has 5 heteroatoms. The zero-order valence-electron chi connectivity index (χ0n) is 28.9. The van der Waals surface area contributed by atoms with Crippen LogP contribution in [0.25, 0.3) is 33.4 Å². The molecule has 2 N–H and O–H groups in total. The molecular formula is C48H37Br2IN2. The summed E-state index contributed by atoms with van der Waals surface area (Å²) in [5, 5.41) is 0. The van der Waals surface area contributed by atoms with Crippen LogP contribution < -0.4 is 10.6 Å². The second-order valence-corrected chi connectivity index (χ2v) is 15.1. The van der Waals surface area contributed by atoms with E-state index in [-0.39, 0.29) is 0 Å². The van der Waals surface area contributed by atoms with Crippen LogP contribution in [-0.4, -0.2) is 0 Å². The van der Waals surface area contributed by atoms with Gasteiger partial charge in [-0.25, -0.2) is 0 Å². The molecule has 8 aromatic carbocycles. The third-order valence-electron chi connectivity index (χ3n) is 8.37. The van der Waals surface area contributed by atoms with Crippen molar-refractivity contribution in [3.63, 3.8) is 0 Å². The Bertz CT molecular complexity index is 2160. The van der Waals surface area contributed by atoms with Crippen LogP contribution in [0.2, 0.25) is 0 Å². The van der Waals surface area contributed by atoms with Crippen molar-refractivity contribution < 1.29 is 0 Å². The van der Waals surface area contributed by atoms with Crippen molar-refractivity contribution in [1.82, 2.24) is 0 Å². The van der Waals surface area contributed by atoms with Gasteiger partial charge in [-0.3, -0.25) is 0 Å². The summed E-state index contributed by atoms with van der Waals surface area (Å²) in [6, 6.07) is 73.4. The molecule has 2 nitrogen and oxygen atoms in total. The van der Waals surface area contributed by atoms with Crippen LogP contribution in [0.4, 0.5) is 22.7 Å². The van der Waals surface area contributed by atoms with Gasteiger partial charge in [0.25, 0.3) is 0 Å². The predicted octanol–water partition coefficient (Wildman–Crippen LogP) is 15.2. The first-order chi connectivity index (χ1) is 25.9. The van der Waals surface area contributed by atoms with E-state index in [1.807, 2.05) is 42.5 Å². The standard InChI is InChI=1S/C30H22BrN.C12H9I.C6H6BrN/c31-27-15-21-30(22-16-27)32(28-17-11-25(12-18-28)23-7-3-1-4-8-23)29-19-13-26(14-20-29)24-9-5-2-6-10-24;13-12-8-6-11(7-9-12)10-4-2-1-3-5-10;7-5-1-3-6(8)4-2-5/h1-22H;1-9H;1-4H,8H2. The van der Waals surface area contributed by atoms with Crippen molar-refractivity contribution in [3.05, 3.63) is 225 Å². The number of halogens is 3. The van der Waals surface area contributed by atoms with Crippen molar-refractivity contribution in [1.29, 1.82) is 0 Å². The summed E-state index contributed by atoms with van der Waals surface area (Å²) in [6.45, 7) is 0. The predicted molar refractivity (Wildman–Crippen MR) is 243 cm³/mol. The third-order valence-corrected chi connectivity index (χ3v) is 10.1. The summed E-state index contributed by atoms with van der Waals surface area (Å²) < 4.78 is 3.41. The molecule has 8 aromatic rings. The molecule has 53 heavy (non-hydrogen) atoms. The summed E-state index contributed by atoms with van der Waals surface area (Å²) in [5.74, 6) is 0. The maximum atomic E-state index is 5.41. The number of anilines is 4. The van der Waals surface area contributed by atoms with Crippen molar-refractivity contribution in [2.45, 2.75) is 0 Å². The fourth-order valence-electron chi connectivity index (χ4n) is 5.64. The minimum absolute atomic E-state index is 0.799. The highest BCUT2D eigenvalue weighted by atomic mass is 127. The lowest BCUT2D eigenvalue weighted by molar-refractivity contribution is 1.28. The molecule has 0 radical (unpaired) electrons. The van der Waals surface area contributed by atoms with Gasteiger partial charge in [-0.2, -0.15) is 0 Å². The zero-order chi connectivity index (χ0) is 36.8. The molecule has 0 spiro atoms. The normalized spacial score (nSPS) is 10.2. The fourth-order valence-corrected chi connectivity index (χ4v) is 6.53. The first kappa shape index (κ1) is 37.8. The minimum Gasteiger partial charge on any atom is -0.399 e. The molecule has 0 aliphatic carbocycles. The number of nitrogens with two attached hydrogens (primary N) is 1. The molecule has 0 amide bonds. The molecule has 0 unspecified atom stereocenters. The van der Waals surface area contributed by atoms with Gasteiger partial charge in [-0.1, -0.05) is 159 Å². The van der Waals surface area contributed by atoms with E-state index in [1.54, 1.807) is 0 Å². The number of nitrogen functional groups attached to an aromatic ring is 1. The number of hydrogen-bond acceptors (Lipinski definition) is 2. The van der Waals surface area contributed by atoms with Gasteiger partial charge in [0.05, 0.1) is 0 Å². The van der Waals surface area contributed by atoms with Crippen LogP contribution in [0, 0.1) is 3.57 Å². The highest BCUT2D eigenvalue weighted by Gasteiger charge is 2.13. The topological polar surface area (TPSA) is 29.3 Å². The highest BCUT2D eigenvalue weighted by Crippen LogP contribution is 2.37. The largest absolute Gasteiger partial charge is 0.399 e. The molecule has 260 valence electrons. The zero-order valence-corrected chi connectivity index (χ0v) is 34.2. The molecule has 0 aromatic heterocycles. The molecule has 0 saturated carbocycles. The SMILES string of the molecule is Brc1ccc(N(c2ccc(-c3ccccc3)cc2)c2ccc(-c3ccccc3)cc2)cc1.Ic1ccc(-c2ccccc2)cc1.Nc1ccc(Br)cc1. The van der Waals surface area contributed by atoms with Gasteiger partial charge in [-0.15, -0.1) is 0 Å². The van der Waals surface area contributed by atoms with Crippen molar-refractivity contribution >= 4 is 77.2 Å². The molecule has 0 aliphatic rings. The summed E-state index contributed by atoms with van der Waals surface area (Å²) in [4.78, 5) is 2.29. The van der Waals surface area contributed by atoms with Gasteiger partial charge in [0.2, 0.25) is 0 Å². The van der Waals surface area contributed by atoms with Gasteiger partial charge < -0.3 is 10.6 Å². The second-order valence-electron chi connectivity index (χ2n) is 12.1. The molecule has 0 fully saturated rings. The summed E-state index contributed by atoms with van der Waals surface area (Å²) >= 11 is 9.17. The molecule has 8 rings (SSSR count). The van der Waals surface area contributed by atoms with Crippen LogP contribution in [-0.2, 0) is 0 Å². The van der Waals surface area contributed by atoms with E-state index in [2.05, 4.69) is 229 Å². The molecular weight excluding hydrogens is 891 g/mol. The fraction of sp³-hybridized carbons (Fsp3) is 0. The summed E-state index contributed by atoms with van der Waals surface area (Å²) in [5.41, 5.74) is 17.0. The Labute approximate surface area is 343 Å². The van der Waals surface area contributed by atoms with E-state index in [0.29, 0.717) is 0 Å². The summed E-state index contributed by atoms with van der Waals surface area (Å²) in [7, 11) is 0. The first-order valence-corrected chi connectivity index (χ1v) is 19.8. The van der Waals surface area contributed by atoms with Crippen LogP contribution in [0.3, 0.4) is 0 Å². The van der Waals surface area contributed by atoms with Gasteiger partial charge in [0.1, 0.15) is 0 Å². The number of rotatable bonds is 6. The Morgan fingerprint density at radius 1 is 0.321 bits per heavy atom. The highest BCUT2D eigenvalue weighted by molar-refractivity contribution is 14.1. The lowest BCUT2D eigenvalue weighted by Crippen LogP contribution is -2.09. The lowest BCUT2D eigenvalue weighted by Gasteiger charge is -2.26. The van der Waals surface area contributed by atoms with E-state index >= 15 is 0 Å². The maximum Gasteiger partial charge on any atom is 0.0462 e. The van der Waals surface area contributed by atoms with Crippen LogP contribution in [0.5, 0.6) is 0 Å². The van der Waals surface area contributed by atoms with Crippen LogP contribution in [0.15, 0.2) is 221 Å². The van der Waals surface area contributed by atoms with Crippen molar-refractivity contribution in [2.24, 2.45) is 0 Å². The van der Waals surface area contributed by atoms with Crippen molar-refractivity contribution in [3.8, 4) is 33.4 Å². The second kappa shape index (κ2) is 19.2. The quantitative estimate of drug-likeness (QED) is 0.133. The van der Waals surface area contributed by atoms with E-state index < -0.39 is 0 Å². The van der Waals surface area contributed by atoms with Gasteiger partial charge in [-0.05, 0) is 141 Å². The molecule has 0 atom stereocenters. The Kier molecular flexibility index (Phi) is 13.7. The average Bonchev–Trinajstić information content (AvgIpc) is 3.22. The van der Waals surface area contributed by atoms with Crippen LogP contribution in [0.1, 0.15) is 0 Å². The number of hydrogen-bond donors (Lipinski definition) is 1.